The molecule has 256 valence electrons. The van der Waals surface area contributed by atoms with Crippen molar-refractivity contribution in [3.05, 3.63) is 182 Å². The summed E-state index contributed by atoms with van der Waals surface area (Å²) in [5.74, 6) is 0.702. The van der Waals surface area contributed by atoms with Gasteiger partial charge in [-0.3, -0.25) is 0 Å². The molecule has 55 heavy (non-hydrogen) atoms. The normalized spacial score (nSPS) is 12.0. The molecule has 5 nitrogen and oxygen atoms in total. The zero-order chi connectivity index (χ0) is 36.0. The molecule has 0 N–H and O–H groups in total. The monoisotopic (exact) mass is 702 g/mol. The van der Waals surface area contributed by atoms with Crippen LogP contribution in [-0.4, -0.2) is 19.1 Å². The minimum absolute atomic E-state index is 0.702. The van der Waals surface area contributed by atoms with E-state index in [1.807, 2.05) is 24.3 Å². The predicted molar refractivity (Wildman–Crippen MR) is 226 cm³/mol. The Morgan fingerprint density at radius 2 is 0.945 bits per heavy atom. The molecule has 0 unspecified atom stereocenters. The van der Waals surface area contributed by atoms with Gasteiger partial charge in [-0.1, -0.05) is 115 Å². The molecule has 0 aliphatic heterocycles. The minimum atomic E-state index is 0.702. The molecule has 4 heterocycles. The van der Waals surface area contributed by atoms with Gasteiger partial charge in [0.2, 0.25) is 0 Å². The summed E-state index contributed by atoms with van der Waals surface area (Å²) in [6.07, 6.45) is 0. The number of rotatable bonds is 4. The number of nitrogens with zero attached hydrogens (tertiary/aromatic N) is 4. The number of hydrogen-bond acceptors (Lipinski definition) is 3. The van der Waals surface area contributed by atoms with Crippen LogP contribution in [0.4, 0.5) is 0 Å². The molecule has 0 radical (unpaired) electrons. The lowest BCUT2D eigenvalue weighted by Crippen LogP contribution is -1.98. The van der Waals surface area contributed by atoms with Crippen LogP contribution in [0.3, 0.4) is 0 Å². The number of benzene rings is 8. The highest BCUT2D eigenvalue weighted by Gasteiger charge is 2.21. The zero-order valence-electron chi connectivity index (χ0n) is 29.5. The van der Waals surface area contributed by atoms with Gasteiger partial charge in [0, 0.05) is 60.2 Å². The van der Waals surface area contributed by atoms with E-state index in [2.05, 4.69) is 167 Å². The van der Waals surface area contributed by atoms with Crippen molar-refractivity contribution < 1.29 is 4.42 Å². The first-order chi connectivity index (χ1) is 27.3. The fraction of sp³-hybridized carbons (Fsp3) is 0. The molecule has 0 fully saturated rings. The van der Waals surface area contributed by atoms with Crippen molar-refractivity contribution >= 4 is 76.5 Å². The van der Waals surface area contributed by atoms with E-state index >= 15 is 0 Å². The van der Waals surface area contributed by atoms with Crippen LogP contribution in [0.5, 0.6) is 0 Å². The average Bonchev–Trinajstić information content (AvgIpc) is 3.91. The van der Waals surface area contributed by atoms with Crippen LogP contribution in [0.25, 0.3) is 110 Å². The van der Waals surface area contributed by atoms with Crippen molar-refractivity contribution in [2.75, 3.05) is 0 Å². The van der Waals surface area contributed by atoms with E-state index in [0.717, 1.165) is 77.6 Å². The van der Waals surface area contributed by atoms with Crippen molar-refractivity contribution in [1.82, 2.24) is 19.1 Å². The van der Waals surface area contributed by atoms with Gasteiger partial charge in [0.15, 0.2) is 5.82 Å². The van der Waals surface area contributed by atoms with Crippen molar-refractivity contribution in [3.63, 3.8) is 0 Å². The number of aromatic nitrogens is 4. The lowest BCUT2D eigenvalue weighted by molar-refractivity contribution is 0.669. The maximum Gasteiger partial charge on any atom is 0.160 e. The second-order valence-electron chi connectivity index (χ2n) is 14.2. The topological polar surface area (TPSA) is 48.8 Å². The maximum absolute atomic E-state index is 6.21. The Kier molecular flexibility index (Phi) is 6.27. The van der Waals surface area contributed by atoms with E-state index in [-0.39, 0.29) is 0 Å². The third kappa shape index (κ3) is 4.41. The summed E-state index contributed by atoms with van der Waals surface area (Å²) < 4.78 is 11.0. The summed E-state index contributed by atoms with van der Waals surface area (Å²) in [6.45, 7) is 0. The molecule has 12 rings (SSSR count). The van der Waals surface area contributed by atoms with E-state index in [1.165, 1.54) is 27.1 Å². The Balaban J connectivity index is 1.10. The molecular weight excluding hydrogens is 673 g/mol. The Bertz CT molecular complexity index is 3500. The molecule has 12 aromatic rings. The van der Waals surface area contributed by atoms with Gasteiger partial charge in [-0.05, 0) is 66.7 Å². The molecule has 0 bridgehead atoms. The van der Waals surface area contributed by atoms with E-state index in [9.17, 15) is 0 Å². The summed E-state index contributed by atoms with van der Waals surface area (Å²) in [7, 11) is 0. The first-order valence-corrected chi connectivity index (χ1v) is 18.6. The van der Waals surface area contributed by atoms with E-state index in [1.54, 1.807) is 0 Å². The summed E-state index contributed by atoms with van der Waals surface area (Å²) in [5.41, 5.74) is 12.5. The van der Waals surface area contributed by atoms with E-state index in [0.29, 0.717) is 5.82 Å². The second-order valence-corrected chi connectivity index (χ2v) is 14.2. The quantitative estimate of drug-likeness (QED) is 0.183. The molecule has 8 aromatic carbocycles. The van der Waals surface area contributed by atoms with Gasteiger partial charge >= 0.3 is 0 Å². The van der Waals surface area contributed by atoms with Crippen LogP contribution < -0.4 is 0 Å². The molecule has 0 atom stereocenters. The third-order valence-electron chi connectivity index (χ3n) is 11.1. The van der Waals surface area contributed by atoms with Gasteiger partial charge < -0.3 is 13.6 Å². The first-order valence-electron chi connectivity index (χ1n) is 18.6. The maximum atomic E-state index is 6.21. The van der Waals surface area contributed by atoms with Crippen LogP contribution in [0, 0.1) is 0 Å². The molecule has 0 amide bonds. The molecule has 0 saturated heterocycles. The molecule has 0 spiro atoms. The Morgan fingerprint density at radius 1 is 0.364 bits per heavy atom. The number of hydrogen-bond donors (Lipinski definition) is 0. The van der Waals surface area contributed by atoms with Gasteiger partial charge in [0.25, 0.3) is 0 Å². The Labute approximate surface area is 315 Å². The Morgan fingerprint density at radius 3 is 1.69 bits per heavy atom. The van der Waals surface area contributed by atoms with Crippen LogP contribution in [0.2, 0.25) is 0 Å². The van der Waals surface area contributed by atoms with Crippen LogP contribution >= 0.6 is 0 Å². The lowest BCUT2D eigenvalue weighted by atomic mass is 10.1. The molecular formula is C50H30N4O. The summed E-state index contributed by atoms with van der Waals surface area (Å²) in [4.78, 5) is 10.3. The van der Waals surface area contributed by atoms with Gasteiger partial charge in [-0.25, -0.2) is 9.97 Å². The van der Waals surface area contributed by atoms with E-state index < -0.39 is 0 Å². The summed E-state index contributed by atoms with van der Waals surface area (Å²) >= 11 is 0. The van der Waals surface area contributed by atoms with Crippen molar-refractivity contribution in [1.29, 1.82) is 0 Å². The molecule has 0 saturated carbocycles. The standard InChI is InChI=1S/C50H30N4O/c1-2-13-31(14-3-1)49-36-18-4-8-21-40(36)51-50(52-49)32-15-12-16-33(29-32)53-41-22-9-5-19-37(41)47-43(53)26-27-44-48(47)38-20-6-10-23-42(38)54(44)34-25-28-46-39(30-34)35-17-7-11-24-45(35)55-46/h1-30H. The average molecular weight is 703 g/mol. The van der Waals surface area contributed by atoms with Crippen molar-refractivity contribution in [2.24, 2.45) is 0 Å². The predicted octanol–water partition coefficient (Wildman–Crippen LogP) is 13.1. The highest BCUT2D eigenvalue weighted by Crippen LogP contribution is 2.43. The van der Waals surface area contributed by atoms with Crippen LogP contribution in [0.15, 0.2) is 186 Å². The van der Waals surface area contributed by atoms with Crippen LogP contribution in [0.1, 0.15) is 0 Å². The van der Waals surface area contributed by atoms with Crippen molar-refractivity contribution in [3.8, 4) is 34.0 Å². The van der Waals surface area contributed by atoms with Gasteiger partial charge in [0.1, 0.15) is 11.2 Å². The van der Waals surface area contributed by atoms with Gasteiger partial charge in [-0.2, -0.15) is 0 Å². The minimum Gasteiger partial charge on any atom is -0.456 e. The fourth-order valence-electron chi connectivity index (χ4n) is 8.73. The fourth-order valence-corrected chi connectivity index (χ4v) is 8.73. The molecule has 4 aromatic heterocycles. The van der Waals surface area contributed by atoms with E-state index in [4.69, 9.17) is 14.4 Å². The van der Waals surface area contributed by atoms with Gasteiger partial charge in [0.05, 0.1) is 33.3 Å². The first kappa shape index (κ1) is 30.0. The largest absolute Gasteiger partial charge is 0.456 e. The SMILES string of the molecule is c1ccc(-c2nc(-c3cccc(-n4c5ccccc5c5c6c7ccccc7n(-c7ccc8oc9ccccc9c8c7)c6ccc54)c3)nc3ccccc23)cc1. The number of furan rings is 1. The van der Waals surface area contributed by atoms with Crippen molar-refractivity contribution in [2.45, 2.75) is 0 Å². The molecule has 0 aliphatic rings. The third-order valence-corrected chi connectivity index (χ3v) is 11.1. The summed E-state index contributed by atoms with van der Waals surface area (Å²) in [6, 6.07) is 64.2. The number of para-hydroxylation sites is 4. The summed E-state index contributed by atoms with van der Waals surface area (Å²) in [5, 5.41) is 8.17. The van der Waals surface area contributed by atoms with Gasteiger partial charge in [-0.15, -0.1) is 0 Å². The zero-order valence-corrected chi connectivity index (χ0v) is 29.5. The second kappa shape index (κ2) is 11.5. The highest BCUT2D eigenvalue weighted by atomic mass is 16.3. The highest BCUT2D eigenvalue weighted by molar-refractivity contribution is 6.29. The number of fused-ring (bicyclic) bond motifs is 11. The van der Waals surface area contributed by atoms with Crippen LogP contribution in [-0.2, 0) is 0 Å². The molecule has 0 aliphatic carbocycles. The molecule has 5 heteroatoms. The lowest BCUT2D eigenvalue weighted by Gasteiger charge is -2.12. The Hall–Kier alpha value is -7.50. The smallest absolute Gasteiger partial charge is 0.160 e.